The number of fused-ring (bicyclic) bond motifs is 1. The Hall–Kier alpha value is -4.85. The number of alkyl halides is 3. The van der Waals surface area contributed by atoms with Gasteiger partial charge in [0.25, 0.3) is 5.91 Å². The number of benzene rings is 1. The quantitative estimate of drug-likeness (QED) is 0.134. The van der Waals surface area contributed by atoms with E-state index < -0.39 is 23.7 Å². The van der Waals surface area contributed by atoms with E-state index in [9.17, 15) is 27.6 Å². The molecule has 1 saturated carbocycles. The van der Waals surface area contributed by atoms with Crippen LogP contribution in [0, 0.1) is 11.7 Å². The number of nitrogens with zero attached hydrogens (tertiary/aromatic N) is 4. The molecule has 0 bridgehead atoms. The van der Waals surface area contributed by atoms with Crippen molar-refractivity contribution in [1.29, 1.82) is 0 Å². The fourth-order valence-electron chi connectivity index (χ4n) is 8.14. The van der Waals surface area contributed by atoms with Gasteiger partial charge in [-0.25, -0.2) is 14.4 Å². The van der Waals surface area contributed by atoms with Crippen LogP contribution in [-0.4, -0.2) is 62.7 Å². The number of aromatic nitrogens is 3. The largest absolute Gasteiger partial charge is 0.490 e. The second kappa shape index (κ2) is 15.5. The second-order valence-electron chi connectivity index (χ2n) is 15.1. The average Bonchev–Trinajstić information content (AvgIpc) is 3.54. The number of piperidine rings is 2. The monoisotopic (exact) mass is 748 g/mol. The smallest absolute Gasteiger partial charge is 0.433 e. The maximum Gasteiger partial charge on any atom is 0.433 e. The number of hydrogen-bond acceptors (Lipinski definition) is 7. The van der Waals surface area contributed by atoms with Gasteiger partial charge in [0.2, 0.25) is 11.8 Å². The van der Waals surface area contributed by atoms with Gasteiger partial charge in [-0.15, -0.1) is 0 Å². The number of hydrogen-bond donors (Lipinski definition) is 2. The number of carbonyl (C=O) groups is 3. The molecule has 2 saturated heterocycles. The van der Waals surface area contributed by atoms with Crippen LogP contribution in [-0.2, 0) is 15.8 Å². The molecular weight excluding hydrogens is 704 g/mol. The SMILES string of the molecule is CC(C)Oc1cc2nc(C3CCC(CN4CCC(c5ccc(C6CCC(=O)NC6=O)cc5F)CC4)CC3)cn2cc1C(=O)Nc1cccc(C(F)(F)F)n1. The first kappa shape index (κ1) is 37.5. The summed E-state index contributed by atoms with van der Waals surface area (Å²) in [7, 11) is 0. The number of amides is 3. The van der Waals surface area contributed by atoms with Crippen LogP contribution in [0.3, 0.4) is 0 Å². The summed E-state index contributed by atoms with van der Waals surface area (Å²) in [6.45, 7) is 6.43. The lowest BCUT2D eigenvalue weighted by Gasteiger charge is -2.36. The molecule has 7 rings (SSSR count). The molecule has 5 heterocycles. The molecule has 3 aromatic heterocycles. The number of halogens is 4. The number of pyridine rings is 2. The summed E-state index contributed by atoms with van der Waals surface area (Å²) >= 11 is 0. The minimum atomic E-state index is -4.64. The lowest BCUT2D eigenvalue weighted by molar-refractivity contribution is -0.141. The van der Waals surface area contributed by atoms with Gasteiger partial charge in [0.15, 0.2) is 0 Å². The Morgan fingerprint density at radius 3 is 2.41 bits per heavy atom. The zero-order valence-electron chi connectivity index (χ0n) is 30.3. The van der Waals surface area contributed by atoms with Crippen molar-refractivity contribution in [3.8, 4) is 5.75 Å². The van der Waals surface area contributed by atoms with Crippen molar-refractivity contribution in [1.82, 2.24) is 24.6 Å². The topological polar surface area (TPSA) is 118 Å². The van der Waals surface area contributed by atoms with E-state index in [0.717, 1.165) is 69.9 Å². The molecular formula is C40H44F4N6O4. The Kier molecular flexibility index (Phi) is 10.7. The van der Waals surface area contributed by atoms with Gasteiger partial charge >= 0.3 is 6.18 Å². The molecule has 0 radical (unpaired) electrons. The molecule has 3 amide bonds. The summed E-state index contributed by atoms with van der Waals surface area (Å²) in [6, 6.07) is 10.2. The molecule has 14 heteroatoms. The third-order valence-electron chi connectivity index (χ3n) is 10.9. The highest BCUT2D eigenvalue weighted by Crippen LogP contribution is 2.38. The van der Waals surface area contributed by atoms with Crippen molar-refractivity contribution in [2.24, 2.45) is 5.92 Å². The van der Waals surface area contributed by atoms with Gasteiger partial charge in [-0.1, -0.05) is 18.2 Å². The predicted molar refractivity (Wildman–Crippen MR) is 193 cm³/mol. The third kappa shape index (κ3) is 8.43. The van der Waals surface area contributed by atoms with Gasteiger partial charge in [-0.3, -0.25) is 19.7 Å². The van der Waals surface area contributed by atoms with Crippen LogP contribution in [0.15, 0.2) is 54.9 Å². The zero-order chi connectivity index (χ0) is 38.1. The fraction of sp³-hybridized carbons (Fsp3) is 0.475. The van der Waals surface area contributed by atoms with Crippen LogP contribution in [0.5, 0.6) is 5.75 Å². The minimum Gasteiger partial charge on any atom is -0.490 e. The number of rotatable bonds is 9. The lowest BCUT2D eigenvalue weighted by Crippen LogP contribution is -2.39. The first-order valence-electron chi connectivity index (χ1n) is 18.7. The maximum atomic E-state index is 15.3. The first-order valence-corrected chi connectivity index (χ1v) is 18.7. The van der Waals surface area contributed by atoms with Crippen LogP contribution < -0.4 is 15.4 Å². The number of carbonyl (C=O) groups excluding carboxylic acids is 3. The number of likely N-dealkylation sites (tertiary alicyclic amines) is 1. The molecule has 3 fully saturated rings. The fourth-order valence-corrected chi connectivity index (χ4v) is 8.14. The van der Waals surface area contributed by atoms with Crippen molar-refractivity contribution < 1.29 is 36.7 Å². The Bertz CT molecular complexity index is 2030. The van der Waals surface area contributed by atoms with E-state index in [0.29, 0.717) is 29.1 Å². The molecule has 4 aromatic rings. The summed E-state index contributed by atoms with van der Waals surface area (Å²) in [4.78, 5) is 48.0. The molecule has 286 valence electrons. The van der Waals surface area contributed by atoms with Gasteiger partial charge in [-0.05, 0) is 113 Å². The second-order valence-corrected chi connectivity index (χ2v) is 15.1. The number of ether oxygens (including phenoxy) is 1. The predicted octanol–water partition coefficient (Wildman–Crippen LogP) is 7.60. The summed E-state index contributed by atoms with van der Waals surface area (Å²) in [5.74, 6) is -1.09. The summed E-state index contributed by atoms with van der Waals surface area (Å²) in [5, 5.41) is 4.83. The van der Waals surface area contributed by atoms with Gasteiger partial charge in [0.05, 0.1) is 23.3 Å². The van der Waals surface area contributed by atoms with E-state index in [2.05, 4.69) is 20.5 Å². The van der Waals surface area contributed by atoms with Crippen LogP contribution in [0.25, 0.3) is 5.65 Å². The van der Waals surface area contributed by atoms with E-state index in [4.69, 9.17) is 9.72 Å². The summed E-state index contributed by atoms with van der Waals surface area (Å²) < 4.78 is 62.6. The average molecular weight is 749 g/mol. The molecule has 1 unspecified atom stereocenters. The molecule has 1 aromatic carbocycles. The summed E-state index contributed by atoms with van der Waals surface area (Å²) in [5.41, 5.74) is 1.90. The molecule has 1 aliphatic carbocycles. The van der Waals surface area contributed by atoms with Gasteiger partial charge < -0.3 is 19.4 Å². The Labute approximate surface area is 310 Å². The Morgan fingerprint density at radius 1 is 0.963 bits per heavy atom. The maximum absolute atomic E-state index is 15.3. The highest BCUT2D eigenvalue weighted by molar-refractivity contribution is 6.06. The molecule has 2 aliphatic heterocycles. The lowest BCUT2D eigenvalue weighted by atomic mass is 9.80. The molecule has 54 heavy (non-hydrogen) atoms. The minimum absolute atomic E-state index is 0.123. The van der Waals surface area contributed by atoms with E-state index in [1.54, 1.807) is 16.7 Å². The van der Waals surface area contributed by atoms with E-state index in [1.165, 1.54) is 18.2 Å². The number of anilines is 1. The highest BCUT2D eigenvalue weighted by atomic mass is 19.4. The van der Waals surface area contributed by atoms with E-state index >= 15 is 4.39 Å². The summed E-state index contributed by atoms with van der Waals surface area (Å²) in [6.07, 6.45) is 5.04. The molecule has 2 N–H and O–H groups in total. The van der Waals surface area contributed by atoms with E-state index in [-0.39, 0.29) is 59.1 Å². The van der Waals surface area contributed by atoms with Crippen LogP contribution in [0.1, 0.15) is 116 Å². The molecule has 3 aliphatic rings. The standard InChI is InChI=1S/C40H44F4N6O4/c1-23(2)54-33-19-36-45-32(22-50(36)21-30(33)39(53)47-35-5-3-4-34(46-35)40(42,43)44)26-8-6-24(7-9-26)20-49-16-14-25(15-17-49)28-11-10-27(18-31(28)41)29-12-13-37(51)48-38(29)52/h3-5,10-11,18-19,21-26,29H,6-9,12-17,20H2,1-2H3,(H,46,47,53)(H,48,51,52). The molecule has 1 atom stereocenters. The normalized spacial score (nSPS) is 21.7. The van der Waals surface area contributed by atoms with Crippen LogP contribution >= 0.6 is 0 Å². The van der Waals surface area contributed by atoms with Crippen LogP contribution in [0.4, 0.5) is 23.4 Å². The highest BCUT2D eigenvalue weighted by Gasteiger charge is 2.34. The Balaban J connectivity index is 0.939. The van der Waals surface area contributed by atoms with Gasteiger partial charge in [0, 0.05) is 37.3 Å². The Morgan fingerprint density at radius 2 is 1.72 bits per heavy atom. The van der Waals surface area contributed by atoms with Crippen molar-refractivity contribution in [3.63, 3.8) is 0 Å². The van der Waals surface area contributed by atoms with Gasteiger partial charge in [0.1, 0.15) is 28.7 Å². The van der Waals surface area contributed by atoms with Crippen LogP contribution in [0.2, 0.25) is 0 Å². The van der Waals surface area contributed by atoms with Crippen molar-refractivity contribution in [3.05, 3.63) is 88.8 Å². The third-order valence-corrected chi connectivity index (χ3v) is 10.9. The van der Waals surface area contributed by atoms with Crippen molar-refractivity contribution in [2.45, 2.75) is 95.2 Å². The van der Waals surface area contributed by atoms with Gasteiger partial charge in [-0.2, -0.15) is 13.2 Å². The number of nitrogens with one attached hydrogen (secondary N) is 2. The van der Waals surface area contributed by atoms with Crippen molar-refractivity contribution >= 4 is 29.2 Å². The number of imidazole rings is 1. The first-order chi connectivity index (χ1) is 25.8. The molecule has 0 spiro atoms. The molecule has 10 nitrogen and oxygen atoms in total. The van der Waals surface area contributed by atoms with Crippen molar-refractivity contribution in [2.75, 3.05) is 25.0 Å². The zero-order valence-corrected chi connectivity index (χ0v) is 30.3. The number of imide groups is 1. The van der Waals surface area contributed by atoms with E-state index in [1.807, 2.05) is 32.2 Å².